The van der Waals surface area contributed by atoms with Crippen LogP contribution in [0.2, 0.25) is 0 Å². The highest BCUT2D eigenvalue weighted by molar-refractivity contribution is 6.18. The molecule has 1 rings (SSSR count). The maximum atomic E-state index is 3.87. The lowest BCUT2D eigenvalue weighted by Crippen LogP contribution is -1.59. The zero-order chi connectivity index (χ0) is 5.82. The first-order chi connectivity index (χ1) is 3.93. The van der Waals surface area contributed by atoms with E-state index in [1.54, 1.807) is 24.6 Å². The molecule has 0 aliphatic carbocycles. The second-order valence-electron chi connectivity index (χ2n) is 1.32. The average molecular weight is 106 g/mol. The lowest BCUT2D eigenvalue weighted by atomic mass is 10.5. The largest absolute Gasteiger partial charge is 0.236 e. The fourth-order valence-corrected chi connectivity index (χ4v) is 0.444. The molecule has 8 heavy (non-hydrogen) atoms. The van der Waals surface area contributed by atoms with E-state index in [9.17, 15) is 0 Å². The predicted octanol–water partition coefficient (Wildman–Crippen LogP) is 1.17. The first-order valence-electron chi connectivity index (χ1n) is 2.33. The van der Waals surface area contributed by atoms with Crippen molar-refractivity contribution >= 4 is 12.4 Å². The predicted molar refractivity (Wildman–Crippen MR) is 35.3 cm³/mol. The third kappa shape index (κ3) is 0.904. The number of hydrogen-bond donors (Lipinski definition) is 0. The van der Waals surface area contributed by atoms with E-state index >= 15 is 0 Å². The minimum Gasteiger partial charge on any atom is -0.236 e. The average Bonchev–Trinajstić information content (AvgIpc) is 2.19. The molecule has 0 saturated carbocycles. The van der Waals surface area contributed by atoms with Crippen molar-refractivity contribution in [1.82, 2.24) is 0 Å². The Labute approximate surface area is 48.0 Å². The fourth-order valence-electron chi connectivity index (χ4n) is 0.444. The van der Waals surface area contributed by atoms with E-state index in [2.05, 4.69) is 16.6 Å². The van der Waals surface area contributed by atoms with Crippen LogP contribution in [0.5, 0.6) is 0 Å². The monoisotopic (exact) mass is 106 g/mol. The van der Waals surface area contributed by atoms with Crippen LogP contribution >= 0.6 is 0 Å². The van der Waals surface area contributed by atoms with Gasteiger partial charge in [-0.25, -0.2) is 9.98 Å². The van der Waals surface area contributed by atoms with Crippen LogP contribution in [0, 0.1) is 0 Å². The Kier molecular flexibility index (Phi) is 1.37. The van der Waals surface area contributed by atoms with Crippen molar-refractivity contribution in [2.24, 2.45) is 9.98 Å². The molecule has 1 aliphatic rings. The Balaban J connectivity index is 2.74. The van der Waals surface area contributed by atoms with Crippen LogP contribution < -0.4 is 0 Å². The minimum absolute atomic E-state index is 0.722. The lowest BCUT2D eigenvalue weighted by molar-refractivity contribution is 1.29. The van der Waals surface area contributed by atoms with Gasteiger partial charge in [0.1, 0.15) is 0 Å². The molecule has 0 unspecified atom stereocenters. The lowest BCUT2D eigenvalue weighted by Gasteiger charge is -1.78. The zero-order valence-corrected chi connectivity index (χ0v) is 4.41. The van der Waals surface area contributed by atoms with Gasteiger partial charge in [0.15, 0.2) is 5.82 Å². The molecule has 40 valence electrons. The summed E-state index contributed by atoms with van der Waals surface area (Å²) >= 11 is 0. The maximum absolute atomic E-state index is 3.87. The van der Waals surface area contributed by atoms with Gasteiger partial charge in [0.25, 0.3) is 0 Å². The van der Waals surface area contributed by atoms with Crippen molar-refractivity contribution in [3.8, 4) is 0 Å². The molecule has 0 radical (unpaired) electrons. The van der Waals surface area contributed by atoms with E-state index < -0.39 is 0 Å². The molecule has 0 atom stereocenters. The van der Waals surface area contributed by atoms with Crippen molar-refractivity contribution in [2.45, 2.75) is 0 Å². The summed E-state index contributed by atoms with van der Waals surface area (Å²) in [5.41, 5.74) is 0. The first-order valence-corrected chi connectivity index (χ1v) is 2.33. The van der Waals surface area contributed by atoms with Crippen LogP contribution in [-0.2, 0) is 0 Å². The van der Waals surface area contributed by atoms with E-state index in [-0.39, 0.29) is 0 Å². The second-order valence-corrected chi connectivity index (χ2v) is 1.32. The van der Waals surface area contributed by atoms with Crippen LogP contribution in [-0.4, -0.2) is 12.4 Å². The van der Waals surface area contributed by atoms with E-state index in [1.807, 2.05) is 0 Å². The number of nitrogens with zero attached hydrogens (tertiary/aromatic N) is 2. The van der Waals surface area contributed by atoms with Gasteiger partial charge < -0.3 is 0 Å². The molecule has 0 bridgehead atoms. The van der Waals surface area contributed by atoms with Gasteiger partial charge in [-0.1, -0.05) is 12.7 Å². The number of hydrogen-bond acceptors (Lipinski definition) is 2. The molecule has 2 nitrogen and oxygen atoms in total. The normalized spacial score (nSPS) is 14.8. The van der Waals surface area contributed by atoms with Crippen LogP contribution in [0.1, 0.15) is 0 Å². The molecule has 0 aromatic rings. The molecular weight excluding hydrogens is 100 g/mol. The van der Waals surface area contributed by atoms with Gasteiger partial charge in [0.05, 0.1) is 0 Å². The van der Waals surface area contributed by atoms with E-state index in [0.29, 0.717) is 0 Å². The summed E-state index contributed by atoms with van der Waals surface area (Å²) in [6, 6.07) is 0. The van der Waals surface area contributed by atoms with Crippen molar-refractivity contribution in [3.05, 3.63) is 24.6 Å². The van der Waals surface area contributed by atoms with E-state index in [4.69, 9.17) is 0 Å². The molecule has 0 spiro atoms. The van der Waals surface area contributed by atoms with Crippen LogP contribution in [0.4, 0.5) is 0 Å². The Hall–Kier alpha value is -1.18. The molecule has 0 N–H and O–H groups in total. The van der Waals surface area contributed by atoms with Gasteiger partial charge in [-0.3, -0.25) is 0 Å². The van der Waals surface area contributed by atoms with Crippen molar-refractivity contribution in [2.75, 3.05) is 0 Å². The van der Waals surface area contributed by atoms with Crippen molar-refractivity contribution < 1.29 is 0 Å². The van der Waals surface area contributed by atoms with Gasteiger partial charge in [-0.2, -0.15) is 0 Å². The number of rotatable bonds is 1. The van der Waals surface area contributed by atoms with Crippen molar-refractivity contribution in [3.63, 3.8) is 0 Å². The third-order valence-corrected chi connectivity index (χ3v) is 0.747. The van der Waals surface area contributed by atoms with Crippen molar-refractivity contribution in [1.29, 1.82) is 0 Å². The highest BCUT2D eigenvalue weighted by Gasteiger charge is 1.87. The number of aliphatic imine (C=N–C) groups is 2. The summed E-state index contributed by atoms with van der Waals surface area (Å²) in [6.45, 7) is 3.50. The highest BCUT2D eigenvalue weighted by atomic mass is 15.0. The second kappa shape index (κ2) is 2.21. The van der Waals surface area contributed by atoms with Crippen LogP contribution in [0.3, 0.4) is 0 Å². The Morgan fingerprint density at radius 2 is 2.00 bits per heavy atom. The third-order valence-electron chi connectivity index (χ3n) is 0.747. The van der Waals surface area contributed by atoms with Gasteiger partial charge in [0, 0.05) is 12.4 Å². The molecule has 1 heterocycles. The molecule has 1 aliphatic heterocycles. The van der Waals surface area contributed by atoms with Gasteiger partial charge in [0.2, 0.25) is 0 Å². The summed E-state index contributed by atoms with van der Waals surface area (Å²) in [5, 5.41) is 0. The smallest absolute Gasteiger partial charge is 0.151 e. The Morgan fingerprint density at radius 3 is 2.50 bits per heavy atom. The van der Waals surface area contributed by atoms with Gasteiger partial charge >= 0.3 is 0 Å². The van der Waals surface area contributed by atoms with Crippen LogP contribution in [0.25, 0.3) is 0 Å². The standard InChI is InChI=1S/C6H6N2/c1-2-3-6-7-4-5-8-6/h2-5H,1H2. The zero-order valence-electron chi connectivity index (χ0n) is 4.41. The SMILES string of the molecule is C=CC=C1N=CC=N1. The molecule has 2 heteroatoms. The van der Waals surface area contributed by atoms with Crippen LogP contribution in [0.15, 0.2) is 34.5 Å². The molecular formula is C6H6N2. The summed E-state index contributed by atoms with van der Waals surface area (Å²) in [7, 11) is 0. The molecule has 0 saturated heterocycles. The first kappa shape index (κ1) is 4.97. The molecule has 0 fully saturated rings. The quantitative estimate of drug-likeness (QED) is 0.479. The van der Waals surface area contributed by atoms with Gasteiger partial charge in [-0.15, -0.1) is 0 Å². The van der Waals surface area contributed by atoms with E-state index in [1.165, 1.54) is 0 Å². The Morgan fingerprint density at radius 1 is 1.38 bits per heavy atom. The summed E-state index contributed by atoms with van der Waals surface area (Å²) < 4.78 is 0. The van der Waals surface area contributed by atoms with Gasteiger partial charge in [-0.05, 0) is 6.08 Å². The molecule has 0 aromatic heterocycles. The maximum Gasteiger partial charge on any atom is 0.151 e. The fraction of sp³-hybridized carbons (Fsp3) is 0. The Bertz CT molecular complexity index is 161. The summed E-state index contributed by atoms with van der Waals surface area (Å²) in [6.07, 6.45) is 6.71. The topological polar surface area (TPSA) is 24.7 Å². The summed E-state index contributed by atoms with van der Waals surface area (Å²) in [4.78, 5) is 7.74. The minimum atomic E-state index is 0.722. The molecule has 0 amide bonds. The summed E-state index contributed by atoms with van der Waals surface area (Å²) in [5.74, 6) is 0.722. The number of allylic oxidation sites excluding steroid dienone is 2. The highest BCUT2D eigenvalue weighted by Crippen LogP contribution is 1.99. The van der Waals surface area contributed by atoms with E-state index in [0.717, 1.165) is 5.82 Å². The molecule has 0 aromatic carbocycles.